The maximum absolute atomic E-state index is 14.7. The molecule has 204 valence electrons. The first kappa shape index (κ1) is 30.8. The fourth-order valence-electron chi connectivity index (χ4n) is 4.29. The quantitative estimate of drug-likeness (QED) is 0.166. The first-order valence-corrected chi connectivity index (χ1v) is 12.7. The molecule has 0 saturated carbocycles. The maximum Gasteiger partial charge on any atom is 0.418 e. The molecule has 38 heavy (non-hydrogen) atoms. The van der Waals surface area contributed by atoms with Crippen LogP contribution in [0, 0.1) is 0 Å². The molecule has 0 aromatic carbocycles. The van der Waals surface area contributed by atoms with E-state index in [2.05, 4.69) is 18.2 Å². The first-order chi connectivity index (χ1) is 17.8. The third-order valence-electron chi connectivity index (χ3n) is 6.44. The van der Waals surface area contributed by atoms with Gasteiger partial charge in [0, 0.05) is 18.7 Å². The smallest absolute Gasteiger partial charge is 0.366 e. The molecule has 2 aliphatic rings. The molecule has 0 bridgehead atoms. The monoisotopic (exact) mass is 526 g/mol. The van der Waals surface area contributed by atoms with Gasteiger partial charge in [-0.1, -0.05) is 55.7 Å². The van der Waals surface area contributed by atoms with E-state index in [1.54, 1.807) is 45.9 Å². The number of hydrogen-bond donors (Lipinski definition) is 0. The van der Waals surface area contributed by atoms with E-state index in [9.17, 15) is 17.6 Å². The van der Waals surface area contributed by atoms with Crippen LogP contribution in [0.4, 0.5) is 17.6 Å². The Labute approximate surface area is 224 Å². The molecule has 0 saturated heterocycles. The molecular formula is C32H38F4N2. The summed E-state index contributed by atoms with van der Waals surface area (Å²) in [5, 5.41) is 0. The van der Waals surface area contributed by atoms with Gasteiger partial charge in [0.25, 0.3) is 0 Å². The minimum Gasteiger partial charge on any atom is -0.366 e. The average Bonchev–Trinajstić information content (AvgIpc) is 3.40. The second kappa shape index (κ2) is 13.4. The van der Waals surface area contributed by atoms with Gasteiger partial charge < -0.3 is 4.90 Å². The number of hydrogen-bond acceptors (Lipinski definition) is 2. The predicted molar refractivity (Wildman–Crippen MR) is 152 cm³/mol. The summed E-state index contributed by atoms with van der Waals surface area (Å²) in [6.45, 7) is 19.3. The molecule has 2 nitrogen and oxygen atoms in total. The minimum absolute atomic E-state index is 0.134. The van der Waals surface area contributed by atoms with Gasteiger partial charge in [-0.25, -0.2) is 4.39 Å². The zero-order chi connectivity index (χ0) is 28.6. The number of nitrogens with zero attached hydrogens (tertiary/aromatic N) is 2. The van der Waals surface area contributed by atoms with Crippen molar-refractivity contribution in [2.75, 3.05) is 13.1 Å². The second-order valence-corrected chi connectivity index (χ2v) is 9.49. The summed E-state index contributed by atoms with van der Waals surface area (Å²) in [7, 11) is 0. The van der Waals surface area contributed by atoms with Gasteiger partial charge in [0.15, 0.2) is 0 Å². The molecule has 1 aliphatic heterocycles. The van der Waals surface area contributed by atoms with Crippen molar-refractivity contribution < 1.29 is 17.6 Å². The summed E-state index contributed by atoms with van der Waals surface area (Å²) in [6, 6.07) is 0. The lowest BCUT2D eigenvalue weighted by atomic mass is 9.97. The Balaban J connectivity index is 2.35. The lowest BCUT2D eigenvalue weighted by Gasteiger charge is -2.31. The van der Waals surface area contributed by atoms with E-state index in [-0.39, 0.29) is 11.5 Å². The minimum atomic E-state index is -4.58. The lowest BCUT2D eigenvalue weighted by molar-refractivity contribution is -0.0861. The largest absolute Gasteiger partial charge is 0.418 e. The number of halogens is 4. The van der Waals surface area contributed by atoms with Gasteiger partial charge in [-0.2, -0.15) is 13.2 Å². The predicted octanol–water partition coefficient (Wildman–Crippen LogP) is 9.58. The Morgan fingerprint density at radius 3 is 2.24 bits per heavy atom. The summed E-state index contributed by atoms with van der Waals surface area (Å²) in [5.41, 5.74) is 3.69. The first-order valence-electron chi connectivity index (χ1n) is 12.7. The van der Waals surface area contributed by atoms with Crippen LogP contribution in [-0.4, -0.2) is 29.9 Å². The van der Waals surface area contributed by atoms with Crippen LogP contribution in [-0.2, 0) is 0 Å². The van der Waals surface area contributed by atoms with E-state index in [0.29, 0.717) is 54.0 Å². The van der Waals surface area contributed by atoms with Crippen molar-refractivity contribution in [2.24, 2.45) is 4.99 Å². The topological polar surface area (TPSA) is 15.6 Å². The molecule has 1 heterocycles. The van der Waals surface area contributed by atoms with Gasteiger partial charge in [0.1, 0.15) is 5.83 Å². The van der Waals surface area contributed by atoms with Crippen LogP contribution in [0.15, 0.2) is 123 Å². The Morgan fingerprint density at radius 2 is 1.76 bits per heavy atom. The molecule has 1 aliphatic carbocycles. The second-order valence-electron chi connectivity index (χ2n) is 9.49. The van der Waals surface area contributed by atoms with E-state index in [1.807, 2.05) is 36.1 Å². The fraction of sp³-hybridized carbons (Fsp3) is 0.344. The van der Waals surface area contributed by atoms with Crippen LogP contribution in [0.3, 0.4) is 0 Å². The third-order valence-corrected chi connectivity index (χ3v) is 6.44. The van der Waals surface area contributed by atoms with Crippen molar-refractivity contribution in [2.45, 2.75) is 60.6 Å². The zero-order valence-corrected chi connectivity index (χ0v) is 23.3. The molecule has 0 radical (unpaired) electrons. The molecular weight excluding hydrogens is 488 g/mol. The highest BCUT2D eigenvalue weighted by Gasteiger charge is 2.36. The fourth-order valence-corrected chi connectivity index (χ4v) is 4.29. The average molecular weight is 527 g/mol. The van der Waals surface area contributed by atoms with Crippen molar-refractivity contribution in [1.29, 1.82) is 0 Å². The van der Waals surface area contributed by atoms with Gasteiger partial charge >= 0.3 is 6.18 Å². The van der Waals surface area contributed by atoms with Crippen LogP contribution < -0.4 is 0 Å². The van der Waals surface area contributed by atoms with Crippen molar-refractivity contribution in [3.8, 4) is 0 Å². The van der Waals surface area contributed by atoms with Crippen LogP contribution in [0.5, 0.6) is 0 Å². The molecule has 0 aromatic heterocycles. The van der Waals surface area contributed by atoms with Crippen molar-refractivity contribution in [3.63, 3.8) is 0 Å². The number of allylic oxidation sites excluding steroid dienone is 14. The molecule has 0 amide bonds. The highest BCUT2D eigenvalue weighted by Crippen LogP contribution is 2.33. The molecule has 0 unspecified atom stereocenters. The number of aliphatic imine (C=N–C) groups is 1. The Hall–Kier alpha value is -3.41. The molecule has 0 aromatic rings. The van der Waals surface area contributed by atoms with Gasteiger partial charge in [-0.05, 0) is 88.3 Å². The summed E-state index contributed by atoms with van der Waals surface area (Å²) in [4.78, 5) is 6.39. The maximum atomic E-state index is 14.7. The lowest BCUT2D eigenvalue weighted by Crippen LogP contribution is -2.29. The third kappa shape index (κ3) is 7.80. The highest BCUT2D eigenvalue weighted by atomic mass is 19.4. The normalized spacial score (nSPS) is 17.9. The summed E-state index contributed by atoms with van der Waals surface area (Å²) in [6.07, 6.45) is 10.5. The van der Waals surface area contributed by atoms with Gasteiger partial charge in [-0.3, -0.25) is 4.99 Å². The van der Waals surface area contributed by atoms with Crippen LogP contribution in [0.2, 0.25) is 0 Å². The Kier molecular flexibility index (Phi) is 10.9. The van der Waals surface area contributed by atoms with Crippen molar-refractivity contribution in [1.82, 2.24) is 4.90 Å². The summed E-state index contributed by atoms with van der Waals surface area (Å²) >= 11 is 0. The van der Waals surface area contributed by atoms with Gasteiger partial charge in [0.05, 0.1) is 22.7 Å². The highest BCUT2D eigenvalue weighted by molar-refractivity contribution is 6.01. The zero-order valence-electron chi connectivity index (χ0n) is 23.3. The van der Waals surface area contributed by atoms with Crippen LogP contribution in [0.25, 0.3) is 0 Å². The van der Waals surface area contributed by atoms with Crippen LogP contribution in [0.1, 0.15) is 54.4 Å². The van der Waals surface area contributed by atoms with E-state index in [0.717, 1.165) is 22.8 Å². The van der Waals surface area contributed by atoms with E-state index >= 15 is 0 Å². The van der Waals surface area contributed by atoms with Crippen molar-refractivity contribution in [3.05, 3.63) is 118 Å². The van der Waals surface area contributed by atoms with Crippen LogP contribution >= 0.6 is 0 Å². The molecule has 0 atom stereocenters. The number of rotatable bonds is 9. The molecule has 0 fully saturated rings. The molecule has 0 spiro atoms. The SMILES string of the molecule is C=C(C1=CCN(C(=C)C(N=C(C)/C(=C\C(=C/C)C2=CCC=C2)C(F)(F)F)=C(C)C)CC1)/C(F)=C(C)\C=C/C. The molecule has 6 heteroatoms. The van der Waals surface area contributed by atoms with E-state index < -0.39 is 11.7 Å². The van der Waals surface area contributed by atoms with Gasteiger partial charge in [-0.15, -0.1) is 0 Å². The molecule has 0 N–H and O–H groups in total. The van der Waals surface area contributed by atoms with Crippen molar-refractivity contribution >= 4 is 5.71 Å². The Bertz CT molecular complexity index is 1230. The van der Waals surface area contributed by atoms with E-state index in [4.69, 9.17) is 0 Å². The van der Waals surface area contributed by atoms with E-state index in [1.165, 1.54) is 6.92 Å². The molecule has 2 rings (SSSR count). The number of alkyl halides is 3. The summed E-state index contributed by atoms with van der Waals surface area (Å²) in [5.74, 6) is -0.345. The van der Waals surface area contributed by atoms with Gasteiger partial charge in [0.2, 0.25) is 0 Å². The Morgan fingerprint density at radius 1 is 1.08 bits per heavy atom. The standard InChI is InChI=1S/C32H38F4N2/c1-9-13-22(5)30(33)23(6)27-16-18-38(19-17-27)25(8)31(21(3)4)37-24(7)29(32(34,35)36)20-26(10-2)28-14-11-12-15-28/h9-11,13-16,20H,6,8,12,17-19H2,1-5,7H3/b13-9-,26-10+,29-20+,30-22+,37-24?. The summed E-state index contributed by atoms with van der Waals surface area (Å²) < 4.78 is 57.1.